The van der Waals surface area contributed by atoms with Gasteiger partial charge in [0.2, 0.25) is 11.8 Å². The molecule has 1 amide bonds. The zero-order valence-corrected chi connectivity index (χ0v) is 8.56. The van der Waals surface area contributed by atoms with Crippen LogP contribution in [-0.4, -0.2) is 16.1 Å². The van der Waals surface area contributed by atoms with Crippen LogP contribution in [0.15, 0.2) is 4.42 Å². The Hall–Kier alpha value is -1.39. The molecule has 2 aliphatic carbocycles. The molecule has 5 heteroatoms. The highest BCUT2D eigenvalue weighted by molar-refractivity contribution is 5.90. The van der Waals surface area contributed by atoms with Crippen LogP contribution in [0.3, 0.4) is 0 Å². The Balaban J connectivity index is 1.61. The monoisotopic (exact) mass is 207 g/mol. The number of aromatic nitrogens is 2. The number of nitrogens with zero attached hydrogens (tertiary/aromatic N) is 2. The van der Waals surface area contributed by atoms with Crippen molar-refractivity contribution >= 4 is 11.9 Å². The van der Waals surface area contributed by atoms with E-state index in [4.69, 9.17) is 4.42 Å². The number of nitrogens with one attached hydrogen (secondary N) is 1. The van der Waals surface area contributed by atoms with Gasteiger partial charge < -0.3 is 4.42 Å². The molecule has 0 aliphatic heterocycles. The lowest BCUT2D eigenvalue weighted by Crippen LogP contribution is -2.21. The van der Waals surface area contributed by atoms with E-state index in [2.05, 4.69) is 15.5 Å². The van der Waals surface area contributed by atoms with Gasteiger partial charge in [0.15, 0.2) is 0 Å². The highest BCUT2D eigenvalue weighted by Crippen LogP contribution is 2.54. The number of hydrogen-bond donors (Lipinski definition) is 1. The van der Waals surface area contributed by atoms with E-state index in [1.807, 2.05) is 0 Å². The van der Waals surface area contributed by atoms with Crippen LogP contribution in [0.2, 0.25) is 0 Å². The molecule has 0 aromatic carbocycles. The topological polar surface area (TPSA) is 68.0 Å². The third-order valence-electron chi connectivity index (χ3n) is 3.37. The minimum Gasteiger partial charge on any atom is -0.408 e. The predicted molar refractivity (Wildman–Crippen MR) is 52.0 cm³/mol. The largest absolute Gasteiger partial charge is 0.408 e. The molecule has 1 heterocycles. The standard InChI is InChI=1S/C10H13N3O2/c1-5-12-13-10(15-5)11-9(14)8-3-6-2-7(6)4-8/h6-8H,2-4H2,1H3,(H,11,13,14). The predicted octanol–water partition coefficient (Wildman–Crippen LogP) is 1.36. The van der Waals surface area contributed by atoms with Crippen molar-refractivity contribution in [2.45, 2.75) is 26.2 Å². The van der Waals surface area contributed by atoms with Gasteiger partial charge in [0, 0.05) is 12.8 Å². The molecule has 2 aliphatic rings. The second-order valence-electron chi connectivity index (χ2n) is 4.54. The van der Waals surface area contributed by atoms with Crippen molar-refractivity contribution in [1.82, 2.24) is 10.2 Å². The van der Waals surface area contributed by atoms with Crippen molar-refractivity contribution in [2.24, 2.45) is 17.8 Å². The highest BCUT2D eigenvalue weighted by atomic mass is 16.4. The van der Waals surface area contributed by atoms with Crippen LogP contribution >= 0.6 is 0 Å². The first-order valence-electron chi connectivity index (χ1n) is 5.33. The number of aryl methyl sites for hydroxylation is 1. The Morgan fingerprint density at radius 3 is 2.67 bits per heavy atom. The maximum Gasteiger partial charge on any atom is 0.322 e. The SMILES string of the molecule is Cc1nnc(NC(=O)C2CC3CC3C2)o1. The zero-order chi connectivity index (χ0) is 10.4. The molecule has 15 heavy (non-hydrogen) atoms. The van der Waals surface area contributed by atoms with Crippen LogP contribution in [0.1, 0.15) is 25.2 Å². The number of hydrogen-bond acceptors (Lipinski definition) is 4. The summed E-state index contributed by atoms with van der Waals surface area (Å²) in [6.07, 6.45) is 3.39. The molecular formula is C10H13N3O2. The van der Waals surface area contributed by atoms with Crippen molar-refractivity contribution < 1.29 is 9.21 Å². The molecule has 0 radical (unpaired) electrons. The molecule has 1 aromatic rings. The summed E-state index contributed by atoms with van der Waals surface area (Å²) >= 11 is 0. The Kier molecular flexibility index (Phi) is 1.81. The lowest BCUT2D eigenvalue weighted by molar-refractivity contribution is -0.120. The summed E-state index contributed by atoms with van der Waals surface area (Å²) < 4.78 is 5.10. The summed E-state index contributed by atoms with van der Waals surface area (Å²) in [7, 11) is 0. The van der Waals surface area contributed by atoms with Gasteiger partial charge in [-0.3, -0.25) is 10.1 Å². The minimum absolute atomic E-state index is 0.0332. The fraction of sp³-hybridized carbons (Fsp3) is 0.700. The fourth-order valence-electron chi connectivity index (χ4n) is 2.48. The average molecular weight is 207 g/mol. The van der Waals surface area contributed by atoms with Gasteiger partial charge in [-0.05, 0) is 31.1 Å². The van der Waals surface area contributed by atoms with Crippen LogP contribution in [0.25, 0.3) is 0 Å². The maximum atomic E-state index is 11.8. The second kappa shape index (κ2) is 3.05. The number of carbonyl (C=O) groups excluding carboxylic acids is 1. The number of fused-ring (bicyclic) bond motifs is 1. The Morgan fingerprint density at radius 2 is 2.07 bits per heavy atom. The molecule has 0 spiro atoms. The summed E-state index contributed by atoms with van der Waals surface area (Å²) in [4.78, 5) is 11.8. The first kappa shape index (κ1) is 8.88. The van der Waals surface area contributed by atoms with Gasteiger partial charge in [-0.25, -0.2) is 0 Å². The molecule has 2 fully saturated rings. The molecule has 1 aromatic heterocycles. The van der Waals surface area contributed by atoms with Crippen LogP contribution in [0.5, 0.6) is 0 Å². The Labute approximate surface area is 87.3 Å². The van der Waals surface area contributed by atoms with Crippen LogP contribution in [0, 0.1) is 24.7 Å². The summed E-state index contributed by atoms with van der Waals surface area (Å²) in [5.74, 6) is 2.28. The first-order valence-corrected chi connectivity index (χ1v) is 5.33. The lowest BCUT2D eigenvalue weighted by Gasteiger charge is -2.08. The van der Waals surface area contributed by atoms with Crippen molar-refractivity contribution in [2.75, 3.05) is 5.32 Å². The minimum atomic E-state index is 0.0332. The van der Waals surface area contributed by atoms with E-state index in [0.717, 1.165) is 24.7 Å². The molecule has 2 atom stereocenters. The molecule has 0 saturated heterocycles. The quantitative estimate of drug-likeness (QED) is 0.795. The molecule has 3 rings (SSSR count). The number of rotatable bonds is 2. The lowest BCUT2D eigenvalue weighted by atomic mass is 10.0. The van der Waals surface area contributed by atoms with E-state index < -0.39 is 0 Å². The van der Waals surface area contributed by atoms with E-state index in [0.29, 0.717) is 5.89 Å². The van der Waals surface area contributed by atoms with Crippen molar-refractivity contribution in [3.63, 3.8) is 0 Å². The van der Waals surface area contributed by atoms with Gasteiger partial charge in [-0.1, -0.05) is 5.10 Å². The maximum absolute atomic E-state index is 11.8. The molecule has 80 valence electrons. The third-order valence-corrected chi connectivity index (χ3v) is 3.37. The smallest absolute Gasteiger partial charge is 0.322 e. The van der Waals surface area contributed by atoms with Gasteiger partial charge in [0.25, 0.3) is 0 Å². The van der Waals surface area contributed by atoms with Crippen LogP contribution in [0.4, 0.5) is 6.01 Å². The van der Waals surface area contributed by atoms with Gasteiger partial charge >= 0.3 is 6.01 Å². The average Bonchev–Trinajstić information content (AvgIpc) is 2.61. The molecule has 0 bridgehead atoms. The number of amides is 1. The van der Waals surface area contributed by atoms with Gasteiger partial charge in [-0.15, -0.1) is 5.10 Å². The third kappa shape index (κ3) is 1.62. The Bertz CT molecular complexity index is 391. The first-order chi connectivity index (χ1) is 7.22. The van der Waals surface area contributed by atoms with E-state index >= 15 is 0 Å². The van der Waals surface area contributed by atoms with Gasteiger partial charge in [-0.2, -0.15) is 0 Å². The van der Waals surface area contributed by atoms with E-state index in [9.17, 15) is 4.79 Å². The molecule has 1 N–H and O–H groups in total. The summed E-state index contributed by atoms with van der Waals surface area (Å²) in [6, 6.07) is 0.220. The van der Waals surface area contributed by atoms with Crippen molar-refractivity contribution in [3.05, 3.63) is 5.89 Å². The van der Waals surface area contributed by atoms with E-state index in [1.165, 1.54) is 6.42 Å². The number of anilines is 1. The van der Waals surface area contributed by atoms with E-state index in [1.54, 1.807) is 6.92 Å². The summed E-state index contributed by atoms with van der Waals surface area (Å²) in [5, 5.41) is 10.1. The van der Waals surface area contributed by atoms with E-state index in [-0.39, 0.29) is 17.8 Å². The van der Waals surface area contributed by atoms with Crippen molar-refractivity contribution in [3.8, 4) is 0 Å². The summed E-state index contributed by atoms with van der Waals surface area (Å²) in [5.41, 5.74) is 0. The normalized spacial score (nSPS) is 32.5. The van der Waals surface area contributed by atoms with Gasteiger partial charge in [0.05, 0.1) is 0 Å². The van der Waals surface area contributed by atoms with Crippen LogP contribution in [-0.2, 0) is 4.79 Å². The zero-order valence-electron chi connectivity index (χ0n) is 8.56. The number of carbonyl (C=O) groups is 1. The second-order valence-corrected chi connectivity index (χ2v) is 4.54. The molecule has 5 nitrogen and oxygen atoms in total. The fourth-order valence-corrected chi connectivity index (χ4v) is 2.48. The van der Waals surface area contributed by atoms with Crippen molar-refractivity contribution in [1.29, 1.82) is 0 Å². The van der Waals surface area contributed by atoms with Crippen LogP contribution < -0.4 is 5.32 Å². The molecule has 2 unspecified atom stereocenters. The highest BCUT2D eigenvalue weighted by Gasteiger charge is 2.48. The molecular weight excluding hydrogens is 194 g/mol. The molecule has 2 saturated carbocycles. The van der Waals surface area contributed by atoms with Gasteiger partial charge in [0.1, 0.15) is 0 Å². The Morgan fingerprint density at radius 1 is 1.33 bits per heavy atom. The summed E-state index contributed by atoms with van der Waals surface area (Å²) in [6.45, 7) is 1.70.